The second-order valence-electron chi connectivity index (χ2n) is 6.66. The molecule has 0 fully saturated rings. The average Bonchev–Trinajstić information content (AvgIpc) is 2.98. The number of nitrogens with one attached hydrogen (secondary N) is 1. The van der Waals surface area contributed by atoms with Crippen molar-refractivity contribution in [3.8, 4) is 11.3 Å². The summed E-state index contributed by atoms with van der Waals surface area (Å²) >= 11 is 0. The molecule has 1 amide bonds. The van der Waals surface area contributed by atoms with Crippen LogP contribution in [0.1, 0.15) is 29.9 Å². The number of alkyl halides is 3. The third kappa shape index (κ3) is 3.49. The molecule has 5 nitrogen and oxygen atoms in total. The van der Waals surface area contributed by atoms with E-state index in [0.29, 0.717) is 17.0 Å². The predicted molar refractivity (Wildman–Crippen MR) is 90.7 cm³/mol. The number of carbonyl (C=O) groups excluding carboxylic acids is 1. The molecular weight excluding hydrogens is 364 g/mol. The topological polar surface area (TPSA) is 59.3 Å². The van der Waals surface area contributed by atoms with Crippen LogP contribution in [0.3, 0.4) is 0 Å². The van der Waals surface area contributed by atoms with Gasteiger partial charge in [0.25, 0.3) is 5.91 Å². The maximum Gasteiger partial charge on any atom is 0.410 e. The first-order valence-corrected chi connectivity index (χ1v) is 8.00. The van der Waals surface area contributed by atoms with Crippen molar-refractivity contribution >= 4 is 11.6 Å². The molecule has 2 aromatic heterocycles. The summed E-state index contributed by atoms with van der Waals surface area (Å²) in [5, 5.41) is 5.98. The lowest BCUT2D eigenvalue weighted by Gasteiger charge is -2.28. The summed E-state index contributed by atoms with van der Waals surface area (Å²) in [5.74, 6) is -1.40. The van der Waals surface area contributed by atoms with E-state index in [2.05, 4.69) is 10.1 Å². The van der Waals surface area contributed by atoms with E-state index < -0.39 is 23.4 Å². The largest absolute Gasteiger partial charge is 0.410 e. The molecule has 142 valence electrons. The van der Waals surface area contributed by atoms with E-state index >= 15 is 0 Å². The Labute approximate surface area is 152 Å². The summed E-state index contributed by atoms with van der Waals surface area (Å²) in [6.45, 7) is 3.44. The van der Waals surface area contributed by atoms with Crippen LogP contribution in [0, 0.1) is 12.7 Å². The zero-order chi connectivity index (χ0) is 20.0. The summed E-state index contributed by atoms with van der Waals surface area (Å²) < 4.78 is 54.0. The minimum absolute atomic E-state index is 0.0877. The van der Waals surface area contributed by atoms with Gasteiger partial charge in [0, 0.05) is 11.3 Å². The Kier molecular flexibility index (Phi) is 4.41. The zero-order valence-electron chi connectivity index (χ0n) is 14.7. The predicted octanol–water partition coefficient (Wildman–Crippen LogP) is 3.91. The lowest BCUT2D eigenvalue weighted by Crippen LogP contribution is -2.54. The van der Waals surface area contributed by atoms with Gasteiger partial charge < -0.3 is 5.32 Å². The summed E-state index contributed by atoms with van der Waals surface area (Å²) in [6, 6.07) is 7.37. The number of benzene rings is 1. The van der Waals surface area contributed by atoms with Gasteiger partial charge in [-0.1, -0.05) is 12.1 Å². The summed E-state index contributed by atoms with van der Waals surface area (Å²) in [6.07, 6.45) is -3.46. The molecule has 1 N–H and O–H groups in total. The number of hydrogen-bond donors (Lipinski definition) is 1. The molecule has 0 aliphatic rings. The van der Waals surface area contributed by atoms with Gasteiger partial charge in [0.15, 0.2) is 5.65 Å². The Morgan fingerprint density at radius 2 is 1.89 bits per heavy atom. The number of amides is 1. The Morgan fingerprint density at radius 1 is 1.19 bits per heavy atom. The number of hydrogen-bond acceptors (Lipinski definition) is 3. The Bertz CT molecular complexity index is 1020. The van der Waals surface area contributed by atoms with Crippen LogP contribution in [-0.4, -0.2) is 32.2 Å². The molecular formula is C18H16F4N4O. The zero-order valence-corrected chi connectivity index (χ0v) is 14.7. The van der Waals surface area contributed by atoms with Crippen LogP contribution in [0.25, 0.3) is 16.9 Å². The second kappa shape index (κ2) is 6.33. The molecule has 0 aliphatic carbocycles. The minimum atomic E-state index is -4.62. The van der Waals surface area contributed by atoms with Crippen molar-refractivity contribution in [2.45, 2.75) is 32.5 Å². The standard InChI is InChI=1S/C18H16F4N4O/c1-10-7-14(11-5-4-6-12(19)8-11)24-15-13(9-23-26(10)15)16(27)25-17(2,3)18(20,21)22/h4-9H,1-3H3,(H,25,27). The van der Waals surface area contributed by atoms with Gasteiger partial charge in [-0.05, 0) is 39.0 Å². The van der Waals surface area contributed by atoms with Crippen LogP contribution in [0.4, 0.5) is 17.6 Å². The first kappa shape index (κ1) is 18.8. The fourth-order valence-corrected chi connectivity index (χ4v) is 2.49. The smallest absolute Gasteiger partial charge is 0.338 e. The van der Waals surface area contributed by atoms with Gasteiger partial charge in [-0.25, -0.2) is 13.9 Å². The Balaban J connectivity index is 2.06. The number of nitrogens with zero attached hydrogens (tertiary/aromatic N) is 3. The van der Waals surface area contributed by atoms with Crippen LogP contribution in [0.2, 0.25) is 0 Å². The summed E-state index contributed by atoms with van der Waals surface area (Å²) in [7, 11) is 0. The highest BCUT2D eigenvalue weighted by atomic mass is 19.4. The number of rotatable bonds is 3. The first-order chi connectivity index (χ1) is 12.5. The van der Waals surface area contributed by atoms with E-state index in [4.69, 9.17) is 0 Å². The maximum absolute atomic E-state index is 13.5. The van der Waals surface area contributed by atoms with Crippen molar-refractivity contribution in [3.05, 3.63) is 53.6 Å². The van der Waals surface area contributed by atoms with E-state index in [1.54, 1.807) is 19.1 Å². The van der Waals surface area contributed by atoms with Gasteiger partial charge >= 0.3 is 6.18 Å². The molecule has 0 bridgehead atoms. The molecule has 1 aromatic carbocycles. The van der Waals surface area contributed by atoms with Crippen molar-refractivity contribution in [2.75, 3.05) is 0 Å². The summed E-state index contributed by atoms with van der Waals surface area (Å²) in [5.41, 5.74) is -0.993. The van der Waals surface area contributed by atoms with Gasteiger partial charge in [0.1, 0.15) is 16.9 Å². The van der Waals surface area contributed by atoms with Crippen molar-refractivity contribution in [3.63, 3.8) is 0 Å². The van der Waals surface area contributed by atoms with Crippen LogP contribution in [-0.2, 0) is 0 Å². The molecule has 0 spiro atoms. The number of carbonyl (C=O) groups is 1. The van der Waals surface area contributed by atoms with E-state index in [1.807, 2.05) is 5.32 Å². The Hall–Kier alpha value is -2.97. The maximum atomic E-state index is 13.5. The molecule has 0 aliphatic heterocycles. The minimum Gasteiger partial charge on any atom is -0.338 e. The quantitative estimate of drug-likeness (QED) is 0.701. The molecule has 0 unspecified atom stereocenters. The second-order valence-corrected chi connectivity index (χ2v) is 6.66. The van der Waals surface area contributed by atoms with Gasteiger partial charge in [-0.15, -0.1) is 0 Å². The molecule has 0 atom stereocenters. The van der Waals surface area contributed by atoms with Gasteiger partial charge in [-0.2, -0.15) is 18.3 Å². The lowest BCUT2D eigenvalue weighted by atomic mass is 10.0. The first-order valence-electron chi connectivity index (χ1n) is 8.00. The molecule has 3 rings (SSSR count). The van der Waals surface area contributed by atoms with Gasteiger partial charge in [-0.3, -0.25) is 4.79 Å². The van der Waals surface area contributed by atoms with Crippen LogP contribution >= 0.6 is 0 Å². The van der Waals surface area contributed by atoms with E-state index in [-0.39, 0.29) is 11.2 Å². The number of fused-ring (bicyclic) bond motifs is 1. The SMILES string of the molecule is Cc1cc(-c2cccc(F)c2)nc2c(C(=O)NC(C)(C)C(F)(F)F)cnn12. The lowest BCUT2D eigenvalue weighted by molar-refractivity contribution is -0.182. The normalized spacial score (nSPS) is 12.4. The van der Waals surface area contributed by atoms with Gasteiger partial charge in [0.05, 0.1) is 11.9 Å². The van der Waals surface area contributed by atoms with Crippen molar-refractivity contribution in [2.24, 2.45) is 0 Å². The highest BCUT2D eigenvalue weighted by molar-refractivity contribution is 6.00. The number of aromatic nitrogens is 3. The summed E-state index contributed by atoms with van der Waals surface area (Å²) in [4.78, 5) is 16.7. The van der Waals surface area contributed by atoms with Crippen molar-refractivity contribution in [1.82, 2.24) is 19.9 Å². The molecule has 2 heterocycles. The van der Waals surface area contributed by atoms with Crippen molar-refractivity contribution < 1.29 is 22.4 Å². The Morgan fingerprint density at radius 3 is 2.52 bits per heavy atom. The third-order valence-corrected chi connectivity index (χ3v) is 4.15. The average molecular weight is 380 g/mol. The van der Waals surface area contributed by atoms with E-state index in [0.717, 1.165) is 20.0 Å². The molecule has 0 saturated heterocycles. The number of halogens is 4. The highest BCUT2D eigenvalue weighted by Gasteiger charge is 2.48. The van der Waals surface area contributed by atoms with Crippen molar-refractivity contribution in [1.29, 1.82) is 0 Å². The van der Waals surface area contributed by atoms with Crippen LogP contribution < -0.4 is 5.32 Å². The monoisotopic (exact) mass is 380 g/mol. The van der Waals surface area contributed by atoms with E-state index in [1.165, 1.54) is 22.7 Å². The molecule has 27 heavy (non-hydrogen) atoms. The van der Waals surface area contributed by atoms with Crippen LogP contribution in [0.5, 0.6) is 0 Å². The molecule has 3 aromatic rings. The molecule has 9 heteroatoms. The fraction of sp³-hybridized carbons (Fsp3) is 0.278. The number of aryl methyl sites for hydroxylation is 1. The van der Waals surface area contributed by atoms with Crippen LogP contribution in [0.15, 0.2) is 36.5 Å². The molecule has 0 radical (unpaired) electrons. The van der Waals surface area contributed by atoms with E-state index in [9.17, 15) is 22.4 Å². The third-order valence-electron chi connectivity index (χ3n) is 4.15. The molecule has 0 saturated carbocycles. The van der Waals surface area contributed by atoms with Gasteiger partial charge in [0.2, 0.25) is 0 Å². The fourth-order valence-electron chi connectivity index (χ4n) is 2.49. The highest BCUT2D eigenvalue weighted by Crippen LogP contribution is 2.30.